The van der Waals surface area contributed by atoms with Crippen molar-refractivity contribution >= 4 is 11.9 Å². The van der Waals surface area contributed by atoms with Crippen LogP contribution in [0.5, 0.6) is 5.75 Å². The minimum Gasteiger partial charge on any atom is -0.420 e. The first-order valence-corrected chi connectivity index (χ1v) is 7.79. The highest BCUT2D eigenvalue weighted by molar-refractivity contribution is 5.82. The number of carbonyl (C=O) groups is 2. The molecule has 0 bridgehead atoms. The number of rotatable bonds is 6. The molecule has 0 unspecified atom stereocenters. The summed E-state index contributed by atoms with van der Waals surface area (Å²) >= 11 is 0. The van der Waals surface area contributed by atoms with E-state index in [4.69, 9.17) is 6.42 Å². The van der Waals surface area contributed by atoms with E-state index < -0.39 is 59.6 Å². The molecule has 2 aromatic carbocycles. The zero-order valence-electron chi connectivity index (χ0n) is 14.1. The quantitative estimate of drug-likeness (QED) is 0.203. The zero-order chi connectivity index (χ0) is 20.8. The molecule has 0 saturated heterocycles. The monoisotopic (exact) mass is 397 g/mol. The SMILES string of the molecule is C#Cc1ccccc1CNC(=O)CCC(=O)Oc1c(F)c(F)c(F)c(F)c1F. The van der Waals surface area contributed by atoms with Crippen LogP contribution in [0.4, 0.5) is 22.0 Å². The Hall–Kier alpha value is -3.41. The summed E-state index contributed by atoms with van der Waals surface area (Å²) in [4.78, 5) is 23.4. The highest BCUT2D eigenvalue weighted by Crippen LogP contribution is 2.29. The highest BCUT2D eigenvalue weighted by Gasteiger charge is 2.28. The predicted molar refractivity (Wildman–Crippen MR) is 87.3 cm³/mol. The number of nitrogens with one attached hydrogen (secondary N) is 1. The van der Waals surface area contributed by atoms with Gasteiger partial charge < -0.3 is 10.1 Å². The Morgan fingerprint density at radius 3 is 2.11 bits per heavy atom. The Balaban J connectivity index is 1.93. The molecule has 146 valence electrons. The largest absolute Gasteiger partial charge is 0.420 e. The molecule has 0 fully saturated rings. The number of carbonyl (C=O) groups excluding carboxylic acids is 2. The lowest BCUT2D eigenvalue weighted by Gasteiger charge is -2.09. The van der Waals surface area contributed by atoms with E-state index in [1.54, 1.807) is 24.3 Å². The van der Waals surface area contributed by atoms with Crippen LogP contribution in [-0.4, -0.2) is 11.9 Å². The number of terminal acetylenes is 1. The Kier molecular flexibility index (Phi) is 6.71. The lowest BCUT2D eigenvalue weighted by Crippen LogP contribution is -2.24. The van der Waals surface area contributed by atoms with E-state index >= 15 is 0 Å². The molecule has 2 aromatic rings. The van der Waals surface area contributed by atoms with Crippen LogP contribution in [0.2, 0.25) is 0 Å². The van der Waals surface area contributed by atoms with Crippen LogP contribution in [0.3, 0.4) is 0 Å². The first-order valence-electron chi connectivity index (χ1n) is 7.79. The van der Waals surface area contributed by atoms with Crippen molar-refractivity contribution < 1.29 is 36.3 Å². The van der Waals surface area contributed by atoms with Crippen molar-refractivity contribution in [2.45, 2.75) is 19.4 Å². The minimum absolute atomic E-state index is 0.0753. The van der Waals surface area contributed by atoms with Gasteiger partial charge in [0.15, 0.2) is 0 Å². The van der Waals surface area contributed by atoms with Gasteiger partial charge in [-0.15, -0.1) is 6.42 Å². The van der Waals surface area contributed by atoms with Gasteiger partial charge in [0.05, 0.1) is 6.42 Å². The average molecular weight is 397 g/mol. The van der Waals surface area contributed by atoms with Crippen molar-refractivity contribution in [2.75, 3.05) is 0 Å². The smallest absolute Gasteiger partial charge is 0.311 e. The Morgan fingerprint density at radius 2 is 1.50 bits per heavy atom. The zero-order valence-corrected chi connectivity index (χ0v) is 14.1. The highest BCUT2D eigenvalue weighted by atomic mass is 19.2. The standard InChI is InChI=1S/C19H12F5NO3/c1-2-10-5-3-4-6-11(10)9-25-12(26)7-8-13(27)28-19-17(23)15(21)14(20)16(22)18(19)24/h1,3-6H,7-9H2,(H,25,26). The van der Waals surface area contributed by atoms with Crippen molar-refractivity contribution in [2.24, 2.45) is 0 Å². The van der Waals surface area contributed by atoms with Crippen LogP contribution in [0.25, 0.3) is 0 Å². The molecule has 0 atom stereocenters. The second kappa shape index (κ2) is 8.99. The molecule has 4 nitrogen and oxygen atoms in total. The fraction of sp³-hybridized carbons (Fsp3) is 0.158. The molecular weight excluding hydrogens is 385 g/mol. The summed E-state index contributed by atoms with van der Waals surface area (Å²) in [5.41, 5.74) is 1.22. The lowest BCUT2D eigenvalue weighted by molar-refractivity contribution is -0.136. The number of ether oxygens (including phenoxy) is 1. The second-order valence-electron chi connectivity index (χ2n) is 5.45. The topological polar surface area (TPSA) is 55.4 Å². The van der Waals surface area contributed by atoms with E-state index in [9.17, 15) is 31.5 Å². The van der Waals surface area contributed by atoms with Gasteiger partial charge in [-0.05, 0) is 11.6 Å². The van der Waals surface area contributed by atoms with Gasteiger partial charge in [0, 0.05) is 18.5 Å². The third-order valence-electron chi connectivity index (χ3n) is 3.59. The summed E-state index contributed by atoms with van der Waals surface area (Å²) in [6.07, 6.45) is 4.23. The molecular formula is C19H12F5NO3. The molecule has 0 aliphatic rings. The van der Waals surface area contributed by atoms with Gasteiger partial charge in [-0.2, -0.15) is 8.78 Å². The lowest BCUT2D eigenvalue weighted by atomic mass is 10.1. The number of benzene rings is 2. The maximum absolute atomic E-state index is 13.4. The maximum atomic E-state index is 13.4. The van der Waals surface area contributed by atoms with Gasteiger partial charge in [0.25, 0.3) is 0 Å². The first-order chi connectivity index (χ1) is 13.3. The van der Waals surface area contributed by atoms with Crippen molar-refractivity contribution in [3.8, 4) is 18.1 Å². The fourth-order valence-electron chi connectivity index (χ4n) is 2.15. The summed E-state index contributed by atoms with van der Waals surface area (Å²) in [6.45, 7) is 0.0753. The summed E-state index contributed by atoms with van der Waals surface area (Å²) in [7, 11) is 0. The van der Waals surface area contributed by atoms with E-state index in [1.165, 1.54) is 0 Å². The molecule has 9 heteroatoms. The summed E-state index contributed by atoms with van der Waals surface area (Å²) < 4.78 is 70.2. The van der Waals surface area contributed by atoms with Crippen LogP contribution in [0, 0.1) is 41.4 Å². The Labute approximate surface area is 156 Å². The summed E-state index contributed by atoms with van der Waals surface area (Å²) in [5, 5.41) is 2.48. The van der Waals surface area contributed by atoms with E-state index in [-0.39, 0.29) is 6.54 Å². The molecule has 0 radical (unpaired) electrons. The maximum Gasteiger partial charge on any atom is 0.311 e. The first kappa shape index (κ1) is 20.9. The molecule has 0 saturated carbocycles. The molecule has 1 N–H and O–H groups in total. The fourth-order valence-corrected chi connectivity index (χ4v) is 2.15. The van der Waals surface area contributed by atoms with Gasteiger partial charge in [-0.25, -0.2) is 13.2 Å². The van der Waals surface area contributed by atoms with Crippen molar-refractivity contribution in [1.29, 1.82) is 0 Å². The molecule has 2 rings (SSSR count). The van der Waals surface area contributed by atoms with Gasteiger partial charge in [0.1, 0.15) is 0 Å². The third kappa shape index (κ3) is 4.65. The molecule has 1 amide bonds. The van der Waals surface area contributed by atoms with Gasteiger partial charge in [-0.3, -0.25) is 9.59 Å². The van der Waals surface area contributed by atoms with E-state index in [0.717, 1.165) is 0 Å². The average Bonchev–Trinajstić information content (AvgIpc) is 2.71. The van der Waals surface area contributed by atoms with Crippen LogP contribution < -0.4 is 10.1 Å². The molecule has 0 aliphatic carbocycles. The third-order valence-corrected chi connectivity index (χ3v) is 3.59. The van der Waals surface area contributed by atoms with Crippen molar-refractivity contribution in [3.05, 3.63) is 64.5 Å². The Bertz CT molecular complexity index is 940. The molecule has 0 spiro atoms. The van der Waals surface area contributed by atoms with E-state index in [1.807, 2.05) is 0 Å². The van der Waals surface area contributed by atoms with Crippen molar-refractivity contribution in [3.63, 3.8) is 0 Å². The number of hydrogen-bond acceptors (Lipinski definition) is 3. The molecule has 0 aromatic heterocycles. The van der Waals surface area contributed by atoms with E-state index in [2.05, 4.69) is 16.0 Å². The van der Waals surface area contributed by atoms with Gasteiger partial charge in [-0.1, -0.05) is 24.1 Å². The number of halogens is 5. The predicted octanol–water partition coefficient (Wildman–Crippen LogP) is 3.37. The van der Waals surface area contributed by atoms with Crippen LogP contribution in [-0.2, 0) is 16.1 Å². The van der Waals surface area contributed by atoms with Crippen LogP contribution >= 0.6 is 0 Å². The van der Waals surface area contributed by atoms with Crippen LogP contribution in [0.15, 0.2) is 24.3 Å². The molecule has 28 heavy (non-hydrogen) atoms. The summed E-state index contributed by atoms with van der Waals surface area (Å²) in [5.74, 6) is -12.7. The Morgan fingerprint density at radius 1 is 0.929 bits per heavy atom. The molecule has 0 heterocycles. The number of amides is 1. The van der Waals surface area contributed by atoms with Crippen LogP contribution in [0.1, 0.15) is 24.0 Å². The summed E-state index contributed by atoms with van der Waals surface area (Å²) in [6, 6.07) is 6.79. The van der Waals surface area contributed by atoms with E-state index in [0.29, 0.717) is 11.1 Å². The normalized spacial score (nSPS) is 10.3. The van der Waals surface area contributed by atoms with Crippen molar-refractivity contribution in [1.82, 2.24) is 5.32 Å². The van der Waals surface area contributed by atoms with Gasteiger partial charge >= 0.3 is 5.97 Å². The molecule has 0 aliphatic heterocycles. The number of hydrogen-bond donors (Lipinski definition) is 1. The number of esters is 1. The second-order valence-corrected chi connectivity index (χ2v) is 5.45. The van der Waals surface area contributed by atoms with Gasteiger partial charge in [0.2, 0.25) is 40.7 Å². The minimum atomic E-state index is -2.37.